The van der Waals surface area contributed by atoms with Crippen LogP contribution in [-0.4, -0.2) is 29.0 Å². The lowest BCUT2D eigenvalue weighted by Crippen LogP contribution is -2.64. The molecule has 0 aromatic heterocycles. The average molecular weight is 376 g/mol. The molecule has 0 spiro atoms. The fraction of sp³-hybridized carbons (Fsp3) is 0.304. The van der Waals surface area contributed by atoms with Crippen molar-refractivity contribution < 1.29 is 14.3 Å². The second kappa shape index (κ2) is 6.82. The smallest absolute Gasteiger partial charge is 0.239 e. The molecule has 3 atom stereocenters. The number of hydrogen-bond acceptors (Lipinski definition) is 3. The monoisotopic (exact) mass is 376 g/mol. The van der Waals surface area contributed by atoms with Gasteiger partial charge in [0.05, 0.1) is 0 Å². The molecule has 0 saturated carbocycles. The van der Waals surface area contributed by atoms with Crippen molar-refractivity contribution in [2.75, 3.05) is 11.9 Å². The molecule has 2 aliphatic rings. The van der Waals surface area contributed by atoms with E-state index in [1.54, 1.807) is 11.0 Å². The summed E-state index contributed by atoms with van der Waals surface area (Å²) in [5.74, 6) is -0.810. The first-order valence-corrected chi connectivity index (χ1v) is 9.51. The Kier molecular flexibility index (Phi) is 4.46. The summed E-state index contributed by atoms with van der Waals surface area (Å²) in [5.41, 5.74) is 1.87. The Morgan fingerprint density at radius 3 is 2.86 bits per heavy atom. The number of nitrogens with one attached hydrogen (secondary N) is 1. The van der Waals surface area contributed by atoms with Gasteiger partial charge in [-0.3, -0.25) is 9.59 Å². The van der Waals surface area contributed by atoms with Crippen molar-refractivity contribution in [2.24, 2.45) is 5.92 Å². The van der Waals surface area contributed by atoms with E-state index < -0.39 is 11.6 Å². The summed E-state index contributed by atoms with van der Waals surface area (Å²) in [5, 5.41) is 2.94. The molecular formula is C23H24N2O3. The molecule has 2 aliphatic heterocycles. The molecule has 1 fully saturated rings. The van der Waals surface area contributed by atoms with E-state index in [4.69, 9.17) is 4.74 Å². The third-order valence-corrected chi connectivity index (χ3v) is 5.63. The van der Waals surface area contributed by atoms with Gasteiger partial charge in [-0.15, -0.1) is 6.58 Å². The summed E-state index contributed by atoms with van der Waals surface area (Å²) in [7, 11) is 0. The quantitative estimate of drug-likeness (QED) is 0.651. The summed E-state index contributed by atoms with van der Waals surface area (Å²) in [6.07, 6.45) is 2.23. The SMILES string of the molecule is C=CCN1C(=O)[C@H](C(=O)Nc2cccc(C)c2)[C@@H]2C[C@]1(C)Oc1ccccc12. The number of carbonyl (C=O) groups is 2. The Balaban J connectivity index is 1.74. The molecule has 4 rings (SSSR count). The fourth-order valence-corrected chi connectivity index (χ4v) is 4.36. The second-order valence-electron chi connectivity index (χ2n) is 7.70. The van der Waals surface area contributed by atoms with E-state index in [2.05, 4.69) is 11.9 Å². The molecule has 0 aliphatic carbocycles. The highest BCUT2D eigenvalue weighted by molar-refractivity contribution is 6.08. The largest absolute Gasteiger partial charge is 0.468 e. The maximum Gasteiger partial charge on any atom is 0.239 e. The van der Waals surface area contributed by atoms with Crippen LogP contribution in [0.4, 0.5) is 5.69 Å². The predicted molar refractivity (Wildman–Crippen MR) is 108 cm³/mol. The molecule has 5 nitrogen and oxygen atoms in total. The summed E-state index contributed by atoms with van der Waals surface area (Å²) in [6.45, 7) is 7.97. The number of fused-ring (bicyclic) bond motifs is 4. The van der Waals surface area contributed by atoms with Gasteiger partial charge in [0.1, 0.15) is 11.7 Å². The van der Waals surface area contributed by atoms with Gasteiger partial charge in [0.2, 0.25) is 11.8 Å². The number of benzene rings is 2. The maximum atomic E-state index is 13.4. The molecule has 2 aromatic rings. The van der Waals surface area contributed by atoms with Crippen LogP contribution in [-0.2, 0) is 9.59 Å². The molecule has 0 radical (unpaired) electrons. The van der Waals surface area contributed by atoms with Crippen molar-refractivity contribution in [2.45, 2.75) is 31.9 Å². The van der Waals surface area contributed by atoms with Gasteiger partial charge < -0.3 is 15.0 Å². The first kappa shape index (κ1) is 18.3. The number of likely N-dealkylation sites (tertiary alicyclic amines) is 1. The number of hydrogen-bond donors (Lipinski definition) is 1. The lowest BCUT2D eigenvalue weighted by atomic mass is 9.73. The number of amides is 2. The molecule has 2 heterocycles. The number of nitrogens with zero attached hydrogens (tertiary/aromatic N) is 1. The number of piperidine rings is 1. The van der Waals surface area contributed by atoms with Gasteiger partial charge in [-0.05, 0) is 43.2 Å². The minimum absolute atomic E-state index is 0.224. The maximum absolute atomic E-state index is 13.4. The van der Waals surface area contributed by atoms with Gasteiger partial charge in [-0.2, -0.15) is 0 Å². The van der Waals surface area contributed by atoms with Gasteiger partial charge in [0, 0.05) is 24.6 Å². The number of para-hydroxylation sites is 1. The third-order valence-electron chi connectivity index (χ3n) is 5.63. The van der Waals surface area contributed by atoms with Crippen molar-refractivity contribution in [3.8, 4) is 5.75 Å². The number of ether oxygens (including phenoxy) is 1. The van der Waals surface area contributed by atoms with Crippen LogP contribution in [0.2, 0.25) is 0 Å². The minimum atomic E-state index is -0.807. The highest BCUT2D eigenvalue weighted by atomic mass is 16.5. The summed E-state index contributed by atoms with van der Waals surface area (Å²) in [4.78, 5) is 28.2. The Morgan fingerprint density at radius 2 is 2.11 bits per heavy atom. The van der Waals surface area contributed by atoms with Gasteiger partial charge in [0.25, 0.3) is 0 Å². The van der Waals surface area contributed by atoms with E-state index in [0.717, 1.165) is 16.9 Å². The molecule has 2 amide bonds. The summed E-state index contributed by atoms with van der Waals surface area (Å²) < 4.78 is 6.21. The zero-order valence-corrected chi connectivity index (χ0v) is 16.1. The summed E-state index contributed by atoms with van der Waals surface area (Å²) in [6, 6.07) is 15.3. The van der Waals surface area contributed by atoms with Crippen LogP contribution in [0.5, 0.6) is 5.75 Å². The van der Waals surface area contributed by atoms with E-state index in [1.165, 1.54) is 0 Å². The van der Waals surface area contributed by atoms with Gasteiger partial charge in [-0.1, -0.05) is 36.4 Å². The first-order valence-electron chi connectivity index (χ1n) is 9.51. The highest BCUT2D eigenvalue weighted by Gasteiger charge is 2.55. The average Bonchev–Trinajstić information content (AvgIpc) is 2.65. The number of aryl methyl sites for hydroxylation is 1. The van der Waals surface area contributed by atoms with Crippen LogP contribution >= 0.6 is 0 Å². The van der Waals surface area contributed by atoms with Crippen LogP contribution in [0.3, 0.4) is 0 Å². The number of anilines is 1. The minimum Gasteiger partial charge on any atom is -0.468 e. The van der Waals surface area contributed by atoms with Crippen LogP contribution in [0.15, 0.2) is 61.2 Å². The Hall–Kier alpha value is -3.08. The molecule has 1 N–H and O–H groups in total. The molecule has 1 saturated heterocycles. The molecule has 28 heavy (non-hydrogen) atoms. The van der Waals surface area contributed by atoms with Gasteiger partial charge in [-0.25, -0.2) is 0 Å². The van der Waals surface area contributed by atoms with Crippen molar-refractivity contribution >= 4 is 17.5 Å². The zero-order valence-electron chi connectivity index (χ0n) is 16.1. The third kappa shape index (κ3) is 2.97. The van der Waals surface area contributed by atoms with Crippen molar-refractivity contribution in [1.82, 2.24) is 4.90 Å². The first-order chi connectivity index (χ1) is 13.4. The second-order valence-corrected chi connectivity index (χ2v) is 7.70. The standard InChI is InChI=1S/C23H24N2O3/c1-4-12-25-22(27)20(21(26)24-16-9-7-8-15(2)13-16)18-14-23(25,3)28-19-11-6-5-10-17(18)19/h4-11,13,18,20H,1,12,14H2,2-3H3,(H,24,26)/t18-,20+,23+/m1/s1. The van der Waals surface area contributed by atoms with E-state index in [0.29, 0.717) is 18.7 Å². The molecular weight excluding hydrogens is 352 g/mol. The number of rotatable bonds is 4. The zero-order chi connectivity index (χ0) is 19.9. The molecule has 2 aromatic carbocycles. The Morgan fingerprint density at radius 1 is 1.32 bits per heavy atom. The predicted octanol–water partition coefficient (Wildman–Crippen LogP) is 3.86. The van der Waals surface area contributed by atoms with Crippen LogP contribution in [0, 0.1) is 12.8 Å². The summed E-state index contributed by atoms with van der Waals surface area (Å²) >= 11 is 0. The van der Waals surface area contributed by atoms with E-state index in [-0.39, 0.29) is 17.7 Å². The van der Waals surface area contributed by atoms with Crippen molar-refractivity contribution in [3.63, 3.8) is 0 Å². The molecule has 0 unspecified atom stereocenters. The van der Waals surface area contributed by atoms with E-state index >= 15 is 0 Å². The van der Waals surface area contributed by atoms with Crippen LogP contribution < -0.4 is 10.1 Å². The topological polar surface area (TPSA) is 58.6 Å². The Bertz CT molecular complexity index is 954. The van der Waals surface area contributed by atoms with Gasteiger partial charge in [0.15, 0.2) is 5.72 Å². The van der Waals surface area contributed by atoms with Crippen LogP contribution in [0.25, 0.3) is 0 Å². The van der Waals surface area contributed by atoms with Crippen LogP contribution in [0.1, 0.15) is 30.4 Å². The molecule has 144 valence electrons. The van der Waals surface area contributed by atoms with E-state index in [9.17, 15) is 9.59 Å². The molecule has 2 bridgehead atoms. The van der Waals surface area contributed by atoms with Crippen molar-refractivity contribution in [1.29, 1.82) is 0 Å². The molecule has 5 heteroatoms. The lowest BCUT2D eigenvalue weighted by molar-refractivity contribution is -0.173. The Labute approximate surface area is 165 Å². The van der Waals surface area contributed by atoms with Gasteiger partial charge >= 0.3 is 0 Å². The number of carbonyl (C=O) groups excluding carboxylic acids is 2. The van der Waals surface area contributed by atoms with E-state index in [1.807, 2.05) is 62.4 Å². The van der Waals surface area contributed by atoms with Crippen molar-refractivity contribution in [3.05, 3.63) is 72.3 Å². The highest BCUT2D eigenvalue weighted by Crippen LogP contribution is 2.50. The fourth-order valence-electron chi connectivity index (χ4n) is 4.36. The lowest BCUT2D eigenvalue weighted by Gasteiger charge is -2.52. The normalized spacial score (nSPS) is 25.5.